The second-order valence-electron chi connectivity index (χ2n) is 19.3. The minimum absolute atomic E-state index is 0.182. The molecule has 77 heavy (non-hydrogen) atoms. The molecular formula is C51H64N12O12S2. The molecule has 2 aliphatic rings. The first-order valence-electron chi connectivity index (χ1n) is 24.7. The zero-order chi connectivity index (χ0) is 56.6. The number of carbonyl (C=O) groups is 10. The van der Waals surface area contributed by atoms with Gasteiger partial charge in [0.25, 0.3) is 11.8 Å². The number of ether oxygens (including phenoxy) is 2. The zero-order valence-electron chi connectivity index (χ0n) is 44.5. The van der Waals surface area contributed by atoms with E-state index in [9.17, 15) is 38.4 Å². The molecule has 3 unspecified atom stereocenters. The molecule has 6 rings (SSSR count). The van der Waals surface area contributed by atoms with Gasteiger partial charge in [0.15, 0.2) is 0 Å². The number of fused-ring (bicyclic) bond motifs is 6. The minimum atomic E-state index is -1.66. The standard InChI is InChI=1S/C51H64N12O12S2/c1-25(2)38-49(72)74-22-36(59-42(65)34-21-53-30-17-13-15-19-32(30)57-34)44(67)55-28(6)46(69)63(10)40-48(71)62(9)39(26(3)4)50(73)75-23-35(58-41(64)33-20-52-29-16-12-14-18-31(29)56-33)43(66)54-27(5)45(68)60(7)37(47(70)61(38)8)24-77-51(40)76-11/h12-21,25-28,35-40,51H,22-24H2,1-11H3,(H,54,66)(H,55,67)(H,58,64)(H,59,65)/t27-,28-,35+,36+,37-,38?,39?,40+,51?/m0/s1. The van der Waals surface area contributed by atoms with Crippen LogP contribution in [0, 0.1) is 11.8 Å². The van der Waals surface area contributed by atoms with E-state index < -0.39 is 137 Å². The van der Waals surface area contributed by atoms with E-state index >= 15 is 9.59 Å². The lowest BCUT2D eigenvalue weighted by molar-refractivity contribution is -0.160. The summed E-state index contributed by atoms with van der Waals surface area (Å²) >= 11 is 2.16. The van der Waals surface area contributed by atoms with Crippen molar-refractivity contribution in [2.24, 2.45) is 11.8 Å². The molecule has 0 spiro atoms. The van der Waals surface area contributed by atoms with Gasteiger partial charge in [0, 0.05) is 33.9 Å². The normalized spacial score (nSPS) is 25.4. The molecule has 2 aromatic carbocycles. The lowest BCUT2D eigenvalue weighted by atomic mass is 10.0. The first-order chi connectivity index (χ1) is 36.4. The van der Waals surface area contributed by atoms with Crippen molar-refractivity contribution in [1.82, 2.24) is 60.8 Å². The molecule has 0 aliphatic carbocycles. The maximum absolute atomic E-state index is 15.2. The summed E-state index contributed by atoms with van der Waals surface area (Å²) < 4.78 is 10.5. The van der Waals surface area contributed by atoms with Crippen molar-refractivity contribution in [1.29, 1.82) is 0 Å². The summed E-state index contributed by atoms with van der Waals surface area (Å²) in [5.41, 5.74) is 1.38. The molecule has 4 heterocycles. The van der Waals surface area contributed by atoms with Crippen LogP contribution in [0.25, 0.3) is 22.1 Å². The van der Waals surface area contributed by atoms with Crippen LogP contribution < -0.4 is 21.3 Å². The van der Waals surface area contributed by atoms with Gasteiger partial charge in [-0.2, -0.15) is 0 Å². The van der Waals surface area contributed by atoms with E-state index in [1.165, 1.54) is 54.4 Å². The molecular weight excluding hydrogens is 1040 g/mol. The molecule has 24 nitrogen and oxygen atoms in total. The van der Waals surface area contributed by atoms with Crippen LogP contribution >= 0.6 is 23.5 Å². The highest BCUT2D eigenvalue weighted by Crippen LogP contribution is 2.32. The number of benzene rings is 2. The van der Waals surface area contributed by atoms with Gasteiger partial charge in [-0.1, -0.05) is 52.0 Å². The number of cyclic esters (lactones) is 2. The summed E-state index contributed by atoms with van der Waals surface area (Å²) in [6.07, 6.45) is 4.06. The van der Waals surface area contributed by atoms with Crippen LogP contribution in [0.2, 0.25) is 0 Å². The predicted octanol–water partition coefficient (Wildman–Crippen LogP) is 0.635. The van der Waals surface area contributed by atoms with Crippen LogP contribution in [0.1, 0.15) is 62.5 Å². The third-order valence-corrected chi connectivity index (χ3v) is 16.0. The molecule has 2 aromatic heterocycles. The van der Waals surface area contributed by atoms with Gasteiger partial charge in [-0.15, -0.1) is 23.5 Å². The van der Waals surface area contributed by atoms with E-state index in [0.717, 1.165) is 43.1 Å². The number of hydrogen-bond donors (Lipinski definition) is 4. The first-order valence-corrected chi connectivity index (χ1v) is 27.0. The van der Waals surface area contributed by atoms with Crippen molar-refractivity contribution in [3.63, 3.8) is 0 Å². The molecule has 4 N–H and O–H groups in total. The van der Waals surface area contributed by atoms with Gasteiger partial charge in [0.05, 0.1) is 39.0 Å². The molecule has 2 aliphatic heterocycles. The van der Waals surface area contributed by atoms with Crippen molar-refractivity contribution < 1.29 is 57.4 Å². The quantitative estimate of drug-likeness (QED) is 0.185. The van der Waals surface area contributed by atoms with Crippen molar-refractivity contribution in [2.75, 3.05) is 53.4 Å². The Morgan fingerprint density at radius 2 is 1.01 bits per heavy atom. The predicted molar refractivity (Wildman–Crippen MR) is 284 cm³/mol. The van der Waals surface area contributed by atoms with Crippen molar-refractivity contribution in [3.8, 4) is 0 Å². The molecule has 0 saturated carbocycles. The summed E-state index contributed by atoms with van der Waals surface area (Å²) in [5.74, 6) is -10.4. The number of nitrogens with zero attached hydrogens (tertiary/aromatic N) is 8. The second-order valence-corrected chi connectivity index (χ2v) is 21.8. The lowest BCUT2D eigenvalue weighted by Gasteiger charge is -2.40. The van der Waals surface area contributed by atoms with Crippen molar-refractivity contribution in [3.05, 3.63) is 72.3 Å². The number of amides is 8. The van der Waals surface area contributed by atoms with Gasteiger partial charge in [0.1, 0.15) is 72.9 Å². The molecule has 26 heteroatoms. The molecule has 2 fully saturated rings. The molecule has 8 amide bonds. The maximum atomic E-state index is 15.2. The summed E-state index contributed by atoms with van der Waals surface area (Å²) in [5, 5.41) is 10.2. The Morgan fingerprint density at radius 3 is 1.43 bits per heavy atom. The maximum Gasteiger partial charge on any atom is 0.329 e. The number of rotatable bonds is 7. The van der Waals surface area contributed by atoms with E-state index in [-0.39, 0.29) is 17.1 Å². The number of aromatic nitrogens is 4. The fourth-order valence-electron chi connectivity index (χ4n) is 8.88. The molecule has 2 saturated heterocycles. The molecule has 412 valence electrons. The fourth-order valence-corrected chi connectivity index (χ4v) is 11.4. The number of thioether (sulfide) groups is 2. The van der Waals surface area contributed by atoms with Gasteiger partial charge in [-0.05, 0) is 56.2 Å². The third-order valence-electron chi connectivity index (χ3n) is 13.2. The Bertz CT molecular complexity index is 2930. The first kappa shape index (κ1) is 58.8. The van der Waals surface area contributed by atoms with Gasteiger partial charge in [-0.3, -0.25) is 48.3 Å². The second kappa shape index (κ2) is 25.6. The summed E-state index contributed by atoms with van der Waals surface area (Å²) in [7, 11) is 5.32. The minimum Gasteiger partial charge on any atom is -0.461 e. The summed E-state index contributed by atoms with van der Waals surface area (Å²) in [4.78, 5) is 166. The van der Waals surface area contributed by atoms with Gasteiger partial charge in [-0.25, -0.2) is 19.6 Å². The SMILES string of the molecule is CSC1SC[C@H]2C(=O)N(C)C(C(C)C)C(=O)OC[C@@H](NC(=O)c3cnc4ccccc4n3)C(=O)N[C@@H](C)C(=O)N(C)[C@@H]1C(=O)N(C)C(C(C)C)C(=O)OC[C@@H](NC(=O)c1cnc3ccccc3n1)C(=O)N[C@@H](C)C(=O)N2C. The van der Waals surface area contributed by atoms with E-state index in [2.05, 4.69) is 41.2 Å². The van der Waals surface area contributed by atoms with Crippen LogP contribution in [0.5, 0.6) is 0 Å². The number of carbonyl (C=O) groups excluding carboxylic acids is 10. The largest absolute Gasteiger partial charge is 0.461 e. The lowest BCUT2D eigenvalue weighted by Crippen LogP contribution is -2.60. The molecule has 4 aromatic rings. The van der Waals surface area contributed by atoms with Crippen LogP contribution in [0.4, 0.5) is 0 Å². The van der Waals surface area contributed by atoms with Gasteiger partial charge >= 0.3 is 11.9 Å². The fraction of sp³-hybridized carbons (Fsp3) is 0.490. The summed E-state index contributed by atoms with van der Waals surface area (Å²) in [6.45, 7) is 7.69. The smallest absolute Gasteiger partial charge is 0.329 e. The number of para-hydroxylation sites is 4. The Morgan fingerprint density at radius 1 is 0.610 bits per heavy atom. The van der Waals surface area contributed by atoms with Crippen molar-refractivity contribution >= 4 is 105 Å². The van der Waals surface area contributed by atoms with Crippen LogP contribution in [0.15, 0.2) is 60.9 Å². The number of hydrogen-bond acceptors (Lipinski definition) is 18. The van der Waals surface area contributed by atoms with Crippen LogP contribution in [-0.2, 0) is 47.8 Å². The number of nitrogens with one attached hydrogen (secondary N) is 4. The summed E-state index contributed by atoms with van der Waals surface area (Å²) in [6, 6.07) is 1.79. The number of likely N-dealkylation sites (N-methyl/N-ethyl adjacent to an activating group) is 4. The Labute approximate surface area is 453 Å². The highest BCUT2D eigenvalue weighted by molar-refractivity contribution is 8.16. The third kappa shape index (κ3) is 13.6. The van der Waals surface area contributed by atoms with Crippen LogP contribution in [0.3, 0.4) is 0 Å². The van der Waals surface area contributed by atoms with Gasteiger partial charge < -0.3 is 50.3 Å². The number of esters is 2. The Hall–Kier alpha value is -7.48. The van der Waals surface area contributed by atoms with Gasteiger partial charge in [0.2, 0.25) is 35.4 Å². The molecule has 0 radical (unpaired) electrons. The topological polar surface area (TPSA) is 302 Å². The monoisotopic (exact) mass is 1100 g/mol. The van der Waals surface area contributed by atoms with Crippen LogP contribution in [-0.4, -0.2) is 205 Å². The average molecular weight is 1100 g/mol. The molecule has 2 bridgehead atoms. The average Bonchev–Trinajstić information content (AvgIpc) is 3.40. The van der Waals surface area contributed by atoms with E-state index in [1.807, 2.05) is 0 Å². The molecule has 9 atom stereocenters. The highest BCUT2D eigenvalue weighted by Gasteiger charge is 2.45. The highest BCUT2D eigenvalue weighted by atomic mass is 32.2. The Balaban J connectivity index is 1.43. The zero-order valence-corrected chi connectivity index (χ0v) is 46.2. The van der Waals surface area contributed by atoms with E-state index in [0.29, 0.717) is 22.1 Å². The Kier molecular flexibility index (Phi) is 19.5. The van der Waals surface area contributed by atoms with Crippen molar-refractivity contribution in [2.45, 2.75) is 94.5 Å². The van der Waals surface area contributed by atoms with E-state index in [1.54, 1.807) is 82.5 Å². The van der Waals surface area contributed by atoms with E-state index in [4.69, 9.17) is 9.47 Å².